The van der Waals surface area contributed by atoms with Gasteiger partial charge in [-0.1, -0.05) is 35.3 Å². The highest BCUT2D eigenvalue weighted by Crippen LogP contribution is 2.42. The van der Waals surface area contributed by atoms with E-state index in [-0.39, 0.29) is 29.9 Å². The Balaban J connectivity index is 1.56. The van der Waals surface area contributed by atoms with Crippen LogP contribution in [-0.2, 0) is 22.1 Å². The van der Waals surface area contributed by atoms with Gasteiger partial charge >= 0.3 is 7.60 Å². The molecule has 0 aliphatic carbocycles. The molecule has 3 rings (SSSR count). The van der Waals surface area contributed by atoms with Crippen LogP contribution >= 0.6 is 30.8 Å². The summed E-state index contributed by atoms with van der Waals surface area (Å²) in [6.45, 7) is 4.62. The van der Waals surface area contributed by atoms with Crippen molar-refractivity contribution in [1.82, 2.24) is 9.80 Å². The molecule has 0 saturated carbocycles. The SMILES string of the molecule is C[C@@H]1CN(Cc2ccc(Cl)cc2)CCN1C(=O)COc1ccc(Cl)cc1CP(=O)(O)O. The lowest BCUT2D eigenvalue weighted by atomic mass is 10.1. The largest absolute Gasteiger partial charge is 0.483 e. The third-order valence-corrected chi connectivity index (χ3v) is 6.34. The minimum absolute atomic E-state index is 0.0111. The molecule has 1 saturated heterocycles. The van der Waals surface area contributed by atoms with Crippen molar-refractivity contribution in [2.45, 2.75) is 25.7 Å². The van der Waals surface area contributed by atoms with Crippen molar-refractivity contribution in [2.24, 2.45) is 0 Å². The summed E-state index contributed by atoms with van der Waals surface area (Å²) in [6, 6.07) is 12.3. The molecule has 2 N–H and O–H groups in total. The van der Waals surface area contributed by atoms with E-state index in [2.05, 4.69) is 4.90 Å². The number of halogens is 2. The molecular weight excluding hydrogens is 462 g/mol. The molecule has 0 bridgehead atoms. The first-order valence-electron chi connectivity index (χ1n) is 9.83. The van der Waals surface area contributed by atoms with E-state index < -0.39 is 13.8 Å². The Hall–Kier alpha value is -1.60. The third kappa shape index (κ3) is 7.21. The Morgan fingerprint density at radius 1 is 1.13 bits per heavy atom. The van der Waals surface area contributed by atoms with Gasteiger partial charge in [0.25, 0.3) is 5.91 Å². The molecule has 31 heavy (non-hydrogen) atoms. The van der Waals surface area contributed by atoms with Gasteiger partial charge in [0.05, 0.1) is 6.16 Å². The molecule has 0 unspecified atom stereocenters. The van der Waals surface area contributed by atoms with Crippen LogP contribution in [0.4, 0.5) is 0 Å². The fourth-order valence-corrected chi connectivity index (χ4v) is 4.66. The van der Waals surface area contributed by atoms with Crippen LogP contribution in [0.3, 0.4) is 0 Å². The molecule has 0 aromatic heterocycles. The van der Waals surface area contributed by atoms with Crippen molar-refractivity contribution in [3.8, 4) is 5.75 Å². The summed E-state index contributed by atoms with van der Waals surface area (Å²) in [7, 11) is -4.30. The average molecular weight is 487 g/mol. The predicted molar refractivity (Wildman–Crippen MR) is 121 cm³/mol. The highest BCUT2D eigenvalue weighted by molar-refractivity contribution is 7.50. The molecule has 1 aliphatic heterocycles. The predicted octanol–water partition coefficient (Wildman–Crippen LogP) is 3.78. The van der Waals surface area contributed by atoms with E-state index in [1.807, 2.05) is 31.2 Å². The molecule has 7 nitrogen and oxygen atoms in total. The summed E-state index contributed by atoms with van der Waals surface area (Å²) >= 11 is 11.9. The lowest BCUT2D eigenvalue weighted by Gasteiger charge is -2.40. The molecule has 2 aromatic rings. The molecule has 1 aliphatic rings. The first-order valence-corrected chi connectivity index (χ1v) is 12.4. The van der Waals surface area contributed by atoms with Crippen LogP contribution in [0.2, 0.25) is 10.0 Å². The van der Waals surface area contributed by atoms with Gasteiger partial charge in [-0.25, -0.2) is 0 Å². The Morgan fingerprint density at radius 2 is 1.81 bits per heavy atom. The maximum absolute atomic E-state index is 12.7. The minimum Gasteiger partial charge on any atom is -0.483 e. The van der Waals surface area contributed by atoms with E-state index in [4.69, 9.17) is 27.9 Å². The summed E-state index contributed by atoms with van der Waals surface area (Å²) in [5.74, 6) is 0.0748. The third-order valence-electron chi connectivity index (χ3n) is 5.10. The Morgan fingerprint density at radius 3 is 2.45 bits per heavy atom. The second-order valence-electron chi connectivity index (χ2n) is 7.66. The zero-order valence-electron chi connectivity index (χ0n) is 17.1. The van der Waals surface area contributed by atoms with Crippen LogP contribution in [0.15, 0.2) is 42.5 Å². The zero-order chi connectivity index (χ0) is 22.6. The van der Waals surface area contributed by atoms with Gasteiger partial charge in [0.1, 0.15) is 5.75 Å². The molecule has 1 amide bonds. The highest BCUT2D eigenvalue weighted by Gasteiger charge is 2.28. The molecule has 1 atom stereocenters. The monoisotopic (exact) mass is 486 g/mol. The van der Waals surface area contributed by atoms with Crippen LogP contribution in [0.25, 0.3) is 0 Å². The van der Waals surface area contributed by atoms with Gasteiger partial charge in [-0.05, 0) is 42.8 Å². The maximum atomic E-state index is 12.7. The summed E-state index contributed by atoms with van der Waals surface area (Å²) in [4.78, 5) is 35.3. The Labute approximate surface area is 191 Å². The molecule has 168 valence electrons. The summed E-state index contributed by atoms with van der Waals surface area (Å²) in [5.41, 5.74) is 1.44. The van der Waals surface area contributed by atoms with Gasteiger partial charge in [-0.2, -0.15) is 0 Å². The van der Waals surface area contributed by atoms with E-state index in [1.165, 1.54) is 17.7 Å². The van der Waals surface area contributed by atoms with Gasteiger partial charge in [0.2, 0.25) is 0 Å². The summed E-state index contributed by atoms with van der Waals surface area (Å²) < 4.78 is 17.0. The minimum atomic E-state index is -4.30. The molecule has 1 heterocycles. The smallest absolute Gasteiger partial charge is 0.330 e. The van der Waals surface area contributed by atoms with Crippen molar-refractivity contribution >= 4 is 36.7 Å². The van der Waals surface area contributed by atoms with E-state index >= 15 is 0 Å². The van der Waals surface area contributed by atoms with Gasteiger partial charge in [0, 0.05) is 47.8 Å². The molecule has 10 heteroatoms. The first kappa shape index (κ1) is 24.1. The number of benzene rings is 2. The number of hydrogen-bond donors (Lipinski definition) is 2. The number of rotatable bonds is 7. The van der Waals surface area contributed by atoms with Crippen molar-refractivity contribution < 1.29 is 23.9 Å². The van der Waals surface area contributed by atoms with E-state index in [0.717, 1.165) is 19.6 Å². The fourth-order valence-electron chi connectivity index (χ4n) is 3.65. The van der Waals surface area contributed by atoms with Crippen LogP contribution in [0, 0.1) is 0 Å². The second kappa shape index (κ2) is 10.3. The van der Waals surface area contributed by atoms with Crippen molar-refractivity contribution in [3.05, 3.63) is 63.6 Å². The Bertz CT molecular complexity index is 967. The van der Waals surface area contributed by atoms with Crippen LogP contribution in [-0.4, -0.2) is 57.8 Å². The molecule has 0 radical (unpaired) electrons. The van der Waals surface area contributed by atoms with Crippen LogP contribution in [0.1, 0.15) is 18.1 Å². The lowest BCUT2D eigenvalue weighted by Crippen LogP contribution is -2.54. The zero-order valence-corrected chi connectivity index (χ0v) is 19.5. The van der Waals surface area contributed by atoms with Gasteiger partial charge in [-0.15, -0.1) is 0 Å². The number of carbonyl (C=O) groups excluding carboxylic acids is 1. The van der Waals surface area contributed by atoms with Gasteiger partial charge < -0.3 is 19.4 Å². The average Bonchev–Trinajstić information content (AvgIpc) is 2.68. The van der Waals surface area contributed by atoms with Gasteiger partial charge in [0.15, 0.2) is 6.61 Å². The molecule has 0 spiro atoms. The number of amides is 1. The van der Waals surface area contributed by atoms with E-state index in [9.17, 15) is 19.1 Å². The standard InChI is InChI=1S/C21H25Cl2N2O5P/c1-15-11-24(12-16-2-4-18(22)5-3-16)8-9-25(15)21(26)13-30-20-7-6-19(23)10-17(20)14-31(27,28)29/h2-7,10,15H,8-9,11-14H2,1H3,(H2,27,28,29)/t15-/m1/s1. The molecule has 1 fully saturated rings. The number of nitrogens with zero attached hydrogens (tertiary/aromatic N) is 2. The van der Waals surface area contributed by atoms with E-state index in [1.54, 1.807) is 11.0 Å². The number of piperazine rings is 1. The summed E-state index contributed by atoms with van der Waals surface area (Å²) in [5, 5.41) is 1.05. The number of ether oxygens (including phenoxy) is 1. The first-order chi connectivity index (χ1) is 14.6. The van der Waals surface area contributed by atoms with E-state index in [0.29, 0.717) is 16.6 Å². The summed E-state index contributed by atoms with van der Waals surface area (Å²) in [6.07, 6.45) is -0.503. The van der Waals surface area contributed by atoms with Crippen LogP contribution in [0.5, 0.6) is 5.75 Å². The maximum Gasteiger partial charge on any atom is 0.330 e. The van der Waals surface area contributed by atoms with Crippen LogP contribution < -0.4 is 4.74 Å². The lowest BCUT2D eigenvalue weighted by molar-refractivity contribution is -0.138. The quantitative estimate of drug-likeness (QED) is 0.578. The van der Waals surface area contributed by atoms with Crippen molar-refractivity contribution in [1.29, 1.82) is 0 Å². The molecular formula is C21H25Cl2N2O5P. The second-order valence-corrected chi connectivity index (χ2v) is 10.2. The number of carbonyl (C=O) groups is 1. The van der Waals surface area contributed by atoms with Crippen molar-refractivity contribution in [2.75, 3.05) is 26.2 Å². The topological polar surface area (TPSA) is 90.3 Å². The normalized spacial score (nSPS) is 17.6. The number of hydrogen-bond acceptors (Lipinski definition) is 4. The van der Waals surface area contributed by atoms with Crippen molar-refractivity contribution in [3.63, 3.8) is 0 Å². The fraction of sp³-hybridized carbons (Fsp3) is 0.381. The Kier molecular flexibility index (Phi) is 8.03. The highest BCUT2D eigenvalue weighted by atomic mass is 35.5. The molecule has 2 aromatic carbocycles. The van der Waals surface area contributed by atoms with Gasteiger partial charge in [-0.3, -0.25) is 14.3 Å².